The number of aryl methyl sites for hydroxylation is 1. The summed E-state index contributed by atoms with van der Waals surface area (Å²) in [6, 6.07) is 13.1. The van der Waals surface area contributed by atoms with E-state index in [0.29, 0.717) is 31.5 Å². The van der Waals surface area contributed by atoms with E-state index in [1.807, 2.05) is 36.4 Å². The zero-order valence-corrected chi connectivity index (χ0v) is 17.8. The number of hydrogen-bond donors (Lipinski definition) is 1. The van der Waals surface area contributed by atoms with Crippen LogP contribution in [0.5, 0.6) is 5.75 Å². The number of rotatable bonds is 5. The summed E-state index contributed by atoms with van der Waals surface area (Å²) in [5.41, 5.74) is 2.30. The first-order chi connectivity index (χ1) is 15.6. The first kappa shape index (κ1) is 20.0. The molecular formula is C23H24N6O3. The zero-order chi connectivity index (χ0) is 22.1. The number of nitrogens with zero attached hydrogens (tertiary/aromatic N) is 5. The lowest BCUT2D eigenvalue weighted by atomic mass is 10.1. The smallest absolute Gasteiger partial charge is 0.346 e. The molecule has 3 aromatic heterocycles. The lowest BCUT2D eigenvalue weighted by molar-refractivity contribution is 0.0933. The Kier molecular flexibility index (Phi) is 5.22. The van der Waals surface area contributed by atoms with E-state index in [2.05, 4.69) is 15.5 Å². The highest BCUT2D eigenvalue weighted by molar-refractivity contribution is 5.95. The van der Waals surface area contributed by atoms with E-state index in [1.54, 1.807) is 34.7 Å². The Balaban J connectivity index is 1.26. The summed E-state index contributed by atoms with van der Waals surface area (Å²) in [6.07, 6.45) is 5.52. The van der Waals surface area contributed by atoms with Gasteiger partial charge in [-0.15, -0.1) is 0 Å². The first-order valence-electron chi connectivity index (χ1n) is 10.6. The number of methoxy groups -OCH3 is 1. The highest BCUT2D eigenvalue weighted by Crippen LogP contribution is 2.16. The Bertz CT molecular complexity index is 1340. The minimum atomic E-state index is -0.124. The van der Waals surface area contributed by atoms with Gasteiger partial charge in [-0.05, 0) is 48.7 Å². The fourth-order valence-electron chi connectivity index (χ4n) is 4.15. The van der Waals surface area contributed by atoms with Crippen molar-refractivity contribution in [2.75, 3.05) is 7.11 Å². The number of carbonyl (C=O) groups is 1. The van der Waals surface area contributed by atoms with Crippen molar-refractivity contribution < 1.29 is 9.53 Å². The SMILES string of the molecule is COc1cccc(Cn2nc3n(c2=O)CCC(NC(=O)c2ccn4nccc4c2)CC3)c1. The van der Waals surface area contributed by atoms with Gasteiger partial charge in [0, 0.05) is 37.0 Å². The van der Waals surface area contributed by atoms with Crippen molar-refractivity contribution in [1.82, 2.24) is 29.3 Å². The molecule has 0 saturated heterocycles. The normalized spacial score (nSPS) is 15.8. The molecule has 0 spiro atoms. The fraction of sp³-hybridized carbons (Fsp3) is 0.304. The Morgan fingerprint density at radius 3 is 3.00 bits per heavy atom. The van der Waals surface area contributed by atoms with Crippen molar-refractivity contribution in [2.45, 2.75) is 38.4 Å². The summed E-state index contributed by atoms with van der Waals surface area (Å²) in [4.78, 5) is 25.7. The van der Waals surface area contributed by atoms with E-state index in [-0.39, 0.29) is 17.6 Å². The molecule has 1 aliphatic rings. The summed E-state index contributed by atoms with van der Waals surface area (Å²) in [6.45, 7) is 0.923. The highest BCUT2D eigenvalue weighted by atomic mass is 16.5. The van der Waals surface area contributed by atoms with E-state index in [1.165, 1.54) is 4.68 Å². The Morgan fingerprint density at radius 1 is 1.22 bits per heavy atom. The standard InChI is InChI=1S/C23H24N6O3/c1-32-20-4-2-3-16(13-20)15-29-23(31)27-11-9-18(5-6-21(27)26-29)25-22(30)17-8-12-28-19(14-17)7-10-24-28/h2-4,7-8,10,12-14,18H,5-6,9,11,15H2,1H3,(H,25,30). The van der Waals surface area contributed by atoms with Gasteiger partial charge in [0.05, 0.1) is 19.2 Å². The van der Waals surface area contributed by atoms with Crippen LogP contribution in [0.1, 0.15) is 34.6 Å². The number of aromatic nitrogens is 5. The van der Waals surface area contributed by atoms with Crippen LogP contribution in [0, 0.1) is 0 Å². The van der Waals surface area contributed by atoms with Crippen LogP contribution in [0.15, 0.2) is 59.7 Å². The van der Waals surface area contributed by atoms with Gasteiger partial charge in [-0.25, -0.2) is 14.0 Å². The van der Waals surface area contributed by atoms with Crippen LogP contribution < -0.4 is 15.7 Å². The molecule has 1 aliphatic heterocycles. The van der Waals surface area contributed by atoms with Gasteiger partial charge in [-0.2, -0.15) is 10.2 Å². The van der Waals surface area contributed by atoms with E-state index >= 15 is 0 Å². The van der Waals surface area contributed by atoms with Crippen molar-refractivity contribution in [1.29, 1.82) is 0 Å². The number of pyridine rings is 1. The molecule has 1 amide bonds. The van der Waals surface area contributed by atoms with Gasteiger partial charge < -0.3 is 10.1 Å². The number of hydrogen-bond acceptors (Lipinski definition) is 5. The van der Waals surface area contributed by atoms with E-state index in [9.17, 15) is 9.59 Å². The number of nitrogens with one attached hydrogen (secondary N) is 1. The quantitative estimate of drug-likeness (QED) is 0.520. The van der Waals surface area contributed by atoms with Gasteiger partial charge in [-0.3, -0.25) is 9.36 Å². The molecule has 1 N–H and O–H groups in total. The molecule has 1 atom stereocenters. The molecule has 9 nitrogen and oxygen atoms in total. The van der Waals surface area contributed by atoms with Crippen LogP contribution >= 0.6 is 0 Å². The predicted molar refractivity (Wildman–Crippen MR) is 118 cm³/mol. The molecule has 0 saturated carbocycles. The molecule has 5 rings (SSSR count). The van der Waals surface area contributed by atoms with Crippen molar-refractivity contribution in [3.8, 4) is 5.75 Å². The second-order valence-electron chi connectivity index (χ2n) is 7.97. The molecule has 0 bridgehead atoms. The summed E-state index contributed by atoms with van der Waals surface area (Å²) in [5, 5.41) is 11.8. The predicted octanol–water partition coefficient (Wildman–Crippen LogP) is 1.88. The number of amides is 1. The zero-order valence-electron chi connectivity index (χ0n) is 17.8. The third-order valence-corrected chi connectivity index (χ3v) is 5.88. The van der Waals surface area contributed by atoms with Gasteiger partial charge in [0.15, 0.2) is 0 Å². The summed E-state index contributed by atoms with van der Waals surface area (Å²) >= 11 is 0. The van der Waals surface area contributed by atoms with Crippen LogP contribution in [0.25, 0.3) is 5.52 Å². The minimum absolute atomic E-state index is 0.0171. The number of carbonyl (C=O) groups excluding carboxylic acids is 1. The fourth-order valence-corrected chi connectivity index (χ4v) is 4.15. The third-order valence-electron chi connectivity index (χ3n) is 5.88. The van der Waals surface area contributed by atoms with Gasteiger partial charge in [-0.1, -0.05) is 12.1 Å². The van der Waals surface area contributed by atoms with Crippen LogP contribution in [0.4, 0.5) is 0 Å². The summed E-state index contributed by atoms with van der Waals surface area (Å²) < 4.78 is 10.2. The van der Waals surface area contributed by atoms with Crippen molar-refractivity contribution in [3.05, 3.63) is 82.3 Å². The maximum absolute atomic E-state index is 12.9. The average Bonchev–Trinajstić information content (AvgIpc) is 3.33. The van der Waals surface area contributed by atoms with Gasteiger partial charge in [0.2, 0.25) is 0 Å². The number of ether oxygens (including phenoxy) is 1. The molecule has 9 heteroatoms. The number of benzene rings is 1. The molecule has 0 aliphatic carbocycles. The van der Waals surface area contributed by atoms with Crippen molar-refractivity contribution in [2.24, 2.45) is 0 Å². The minimum Gasteiger partial charge on any atom is -0.497 e. The molecule has 1 unspecified atom stereocenters. The van der Waals surface area contributed by atoms with E-state index < -0.39 is 0 Å². The average molecular weight is 432 g/mol. The first-order valence-corrected chi connectivity index (χ1v) is 10.6. The number of fused-ring (bicyclic) bond motifs is 2. The van der Waals surface area contributed by atoms with Crippen LogP contribution in [0.3, 0.4) is 0 Å². The maximum Gasteiger partial charge on any atom is 0.346 e. The molecular weight excluding hydrogens is 408 g/mol. The molecule has 4 heterocycles. The summed E-state index contributed by atoms with van der Waals surface area (Å²) in [7, 11) is 1.62. The van der Waals surface area contributed by atoms with Crippen LogP contribution in [-0.4, -0.2) is 43.0 Å². The van der Waals surface area contributed by atoms with E-state index in [4.69, 9.17) is 4.74 Å². The third kappa shape index (κ3) is 3.89. The second-order valence-corrected chi connectivity index (χ2v) is 7.97. The highest BCUT2D eigenvalue weighted by Gasteiger charge is 2.22. The van der Waals surface area contributed by atoms with Gasteiger partial charge in [0.25, 0.3) is 5.91 Å². The summed E-state index contributed by atoms with van der Waals surface area (Å²) in [5.74, 6) is 1.39. The second kappa shape index (κ2) is 8.33. The van der Waals surface area contributed by atoms with Gasteiger partial charge in [0.1, 0.15) is 11.6 Å². The Morgan fingerprint density at radius 2 is 2.12 bits per heavy atom. The molecule has 32 heavy (non-hydrogen) atoms. The maximum atomic E-state index is 12.9. The van der Waals surface area contributed by atoms with Crippen molar-refractivity contribution >= 4 is 11.4 Å². The Hall–Kier alpha value is -3.88. The Labute approximate surface area is 184 Å². The molecule has 0 radical (unpaired) electrons. The molecule has 1 aromatic carbocycles. The molecule has 0 fully saturated rings. The van der Waals surface area contributed by atoms with Gasteiger partial charge >= 0.3 is 5.69 Å². The van der Waals surface area contributed by atoms with Crippen LogP contribution in [-0.2, 0) is 19.5 Å². The topological polar surface area (TPSA) is 95.5 Å². The largest absolute Gasteiger partial charge is 0.497 e. The monoisotopic (exact) mass is 432 g/mol. The lowest BCUT2D eigenvalue weighted by Gasteiger charge is -2.16. The van der Waals surface area contributed by atoms with Crippen molar-refractivity contribution in [3.63, 3.8) is 0 Å². The van der Waals surface area contributed by atoms with E-state index in [0.717, 1.165) is 29.1 Å². The molecule has 164 valence electrons. The van der Waals surface area contributed by atoms with Crippen LogP contribution in [0.2, 0.25) is 0 Å². The molecule has 4 aromatic rings. The lowest BCUT2D eigenvalue weighted by Crippen LogP contribution is -2.36.